The number of sulfonamides is 1. The molecule has 0 radical (unpaired) electrons. The third-order valence-corrected chi connectivity index (χ3v) is 4.49. The molecule has 2 aromatic carbocycles. The zero-order valence-corrected chi connectivity index (χ0v) is 14.6. The number of hydrogen-bond acceptors (Lipinski definition) is 5. The van der Waals surface area contributed by atoms with Gasteiger partial charge in [0, 0.05) is 5.56 Å². The van der Waals surface area contributed by atoms with Gasteiger partial charge in [0.25, 0.3) is 10.0 Å². The molecule has 2 rings (SSSR count). The Kier molecular flexibility index (Phi) is 5.81. The van der Waals surface area contributed by atoms with Gasteiger partial charge in [-0.25, -0.2) is 0 Å². The number of ether oxygens (including phenoxy) is 2. The van der Waals surface area contributed by atoms with Gasteiger partial charge in [-0.05, 0) is 50.2 Å². The number of hydrogen-bond donors (Lipinski definition) is 1. The molecule has 0 heterocycles. The van der Waals surface area contributed by atoms with Crippen LogP contribution in [0.2, 0.25) is 0 Å². The highest BCUT2D eigenvalue weighted by Crippen LogP contribution is 2.16. The van der Waals surface area contributed by atoms with Gasteiger partial charge in [-0.15, -0.1) is 0 Å². The van der Waals surface area contributed by atoms with Crippen LogP contribution in [0.15, 0.2) is 58.5 Å². The lowest BCUT2D eigenvalue weighted by Gasteiger charge is -2.07. The minimum atomic E-state index is -3.74. The van der Waals surface area contributed by atoms with E-state index in [0.29, 0.717) is 23.8 Å². The van der Waals surface area contributed by atoms with Gasteiger partial charge in [0.05, 0.1) is 24.3 Å². The van der Waals surface area contributed by atoms with Crippen molar-refractivity contribution in [3.05, 3.63) is 54.1 Å². The smallest absolute Gasteiger partial charge is 0.276 e. The number of hydrazone groups is 1. The zero-order valence-electron chi connectivity index (χ0n) is 13.8. The molecule has 0 saturated carbocycles. The van der Waals surface area contributed by atoms with Gasteiger partial charge in [0.1, 0.15) is 11.5 Å². The van der Waals surface area contributed by atoms with Crippen LogP contribution >= 0.6 is 0 Å². The van der Waals surface area contributed by atoms with E-state index in [-0.39, 0.29) is 4.90 Å². The van der Waals surface area contributed by atoms with E-state index in [4.69, 9.17) is 9.47 Å². The highest BCUT2D eigenvalue weighted by atomic mass is 32.2. The molecule has 0 aliphatic rings. The summed E-state index contributed by atoms with van der Waals surface area (Å²) in [6.07, 6.45) is 0. The average Bonchev–Trinajstić information content (AvgIpc) is 2.60. The van der Waals surface area contributed by atoms with E-state index >= 15 is 0 Å². The molecule has 128 valence electrons. The van der Waals surface area contributed by atoms with Crippen molar-refractivity contribution < 1.29 is 17.9 Å². The fourth-order valence-electron chi connectivity index (χ4n) is 1.98. The summed E-state index contributed by atoms with van der Waals surface area (Å²) in [5.41, 5.74) is 1.30. The summed E-state index contributed by atoms with van der Waals surface area (Å²) in [6.45, 7) is 4.10. The highest BCUT2D eigenvalue weighted by molar-refractivity contribution is 7.89. The van der Waals surface area contributed by atoms with Crippen LogP contribution in [-0.2, 0) is 10.0 Å². The topological polar surface area (TPSA) is 77.0 Å². The van der Waals surface area contributed by atoms with Gasteiger partial charge in [0.2, 0.25) is 0 Å². The highest BCUT2D eigenvalue weighted by Gasteiger charge is 2.13. The van der Waals surface area contributed by atoms with Gasteiger partial charge >= 0.3 is 0 Å². The minimum Gasteiger partial charge on any atom is -0.497 e. The van der Waals surface area contributed by atoms with Crippen LogP contribution in [0.4, 0.5) is 0 Å². The Morgan fingerprint density at radius 3 is 2.46 bits per heavy atom. The van der Waals surface area contributed by atoms with Crippen molar-refractivity contribution in [1.82, 2.24) is 4.83 Å². The Bertz CT molecular complexity index is 815. The van der Waals surface area contributed by atoms with Crippen molar-refractivity contribution >= 4 is 15.7 Å². The predicted molar refractivity (Wildman–Crippen MR) is 93.1 cm³/mol. The lowest BCUT2D eigenvalue weighted by molar-refractivity contribution is 0.340. The first-order valence-corrected chi connectivity index (χ1v) is 8.88. The quantitative estimate of drug-likeness (QED) is 0.616. The molecule has 0 atom stereocenters. The Morgan fingerprint density at radius 2 is 1.83 bits per heavy atom. The fourth-order valence-corrected chi connectivity index (χ4v) is 2.83. The summed E-state index contributed by atoms with van der Waals surface area (Å²) in [7, 11) is -2.17. The first-order valence-electron chi connectivity index (χ1n) is 7.39. The maximum absolute atomic E-state index is 12.3. The van der Waals surface area contributed by atoms with Gasteiger partial charge in [-0.2, -0.15) is 18.4 Å². The van der Waals surface area contributed by atoms with Crippen molar-refractivity contribution in [3.8, 4) is 11.5 Å². The Labute approximate surface area is 142 Å². The molecule has 0 spiro atoms. The first-order chi connectivity index (χ1) is 11.5. The molecular weight excluding hydrogens is 328 g/mol. The van der Waals surface area contributed by atoms with Crippen LogP contribution in [0.1, 0.15) is 19.4 Å². The summed E-state index contributed by atoms with van der Waals surface area (Å²) in [5, 5.41) is 3.97. The van der Waals surface area contributed by atoms with Crippen LogP contribution in [0.3, 0.4) is 0 Å². The Hall–Kier alpha value is -2.54. The molecule has 7 heteroatoms. The van der Waals surface area contributed by atoms with Crippen LogP contribution in [0, 0.1) is 0 Å². The lowest BCUT2D eigenvalue weighted by Crippen LogP contribution is -2.20. The Morgan fingerprint density at radius 1 is 1.12 bits per heavy atom. The third-order valence-electron chi connectivity index (χ3n) is 3.27. The molecule has 0 aliphatic carbocycles. The van der Waals surface area contributed by atoms with Crippen molar-refractivity contribution in [2.75, 3.05) is 13.7 Å². The van der Waals surface area contributed by atoms with E-state index < -0.39 is 10.0 Å². The van der Waals surface area contributed by atoms with E-state index in [9.17, 15) is 8.42 Å². The molecule has 0 aliphatic heterocycles. The van der Waals surface area contributed by atoms with Crippen molar-refractivity contribution in [3.63, 3.8) is 0 Å². The molecule has 0 amide bonds. The van der Waals surface area contributed by atoms with Crippen molar-refractivity contribution in [1.29, 1.82) is 0 Å². The van der Waals surface area contributed by atoms with Gasteiger partial charge in [0.15, 0.2) is 0 Å². The van der Waals surface area contributed by atoms with E-state index in [1.54, 1.807) is 38.3 Å². The SMILES string of the molecule is CCOc1ccc(S(=O)(=O)NN=C(C)c2cccc(OC)c2)cc1. The van der Waals surface area contributed by atoms with Crippen molar-refractivity contribution in [2.45, 2.75) is 18.7 Å². The zero-order chi connectivity index (χ0) is 17.6. The summed E-state index contributed by atoms with van der Waals surface area (Å²) in [4.78, 5) is 2.36. The number of methoxy groups -OCH3 is 1. The monoisotopic (exact) mass is 348 g/mol. The van der Waals surface area contributed by atoms with E-state index in [2.05, 4.69) is 9.93 Å². The van der Waals surface area contributed by atoms with Gasteiger partial charge in [-0.1, -0.05) is 12.1 Å². The molecule has 0 fully saturated rings. The third kappa shape index (κ3) is 4.48. The summed E-state index contributed by atoms with van der Waals surface area (Å²) in [6, 6.07) is 13.4. The van der Waals surface area contributed by atoms with E-state index in [1.807, 2.05) is 19.1 Å². The number of benzene rings is 2. The number of nitrogens with one attached hydrogen (secondary N) is 1. The van der Waals surface area contributed by atoms with Gasteiger partial charge < -0.3 is 9.47 Å². The average molecular weight is 348 g/mol. The van der Waals surface area contributed by atoms with Crippen LogP contribution in [0.25, 0.3) is 0 Å². The molecule has 0 saturated heterocycles. The van der Waals surface area contributed by atoms with Crippen LogP contribution in [0.5, 0.6) is 11.5 Å². The molecule has 0 aromatic heterocycles. The fraction of sp³-hybridized carbons (Fsp3) is 0.235. The minimum absolute atomic E-state index is 0.119. The second-order valence-electron chi connectivity index (χ2n) is 4.93. The van der Waals surface area contributed by atoms with Crippen LogP contribution < -0.4 is 14.3 Å². The van der Waals surface area contributed by atoms with E-state index in [0.717, 1.165) is 5.56 Å². The van der Waals surface area contributed by atoms with Gasteiger partial charge in [-0.3, -0.25) is 0 Å². The normalized spacial score (nSPS) is 11.9. The molecule has 2 aromatic rings. The maximum atomic E-state index is 12.3. The first kappa shape index (κ1) is 17.8. The van der Waals surface area contributed by atoms with Crippen LogP contribution in [-0.4, -0.2) is 27.8 Å². The molecule has 0 bridgehead atoms. The number of rotatable bonds is 7. The Balaban J connectivity index is 2.15. The predicted octanol–water partition coefficient (Wildman–Crippen LogP) is 2.80. The van der Waals surface area contributed by atoms with Crippen molar-refractivity contribution in [2.24, 2.45) is 5.10 Å². The van der Waals surface area contributed by atoms with E-state index in [1.165, 1.54) is 12.1 Å². The molecular formula is C17H20N2O4S. The summed E-state index contributed by atoms with van der Waals surface area (Å²) < 4.78 is 35.0. The summed E-state index contributed by atoms with van der Waals surface area (Å²) in [5.74, 6) is 1.30. The molecule has 6 nitrogen and oxygen atoms in total. The largest absolute Gasteiger partial charge is 0.497 e. The molecule has 0 unspecified atom stereocenters. The maximum Gasteiger partial charge on any atom is 0.276 e. The second kappa shape index (κ2) is 7.83. The molecule has 1 N–H and O–H groups in total. The number of nitrogens with zero attached hydrogens (tertiary/aromatic N) is 1. The lowest BCUT2D eigenvalue weighted by atomic mass is 10.1. The molecule has 24 heavy (non-hydrogen) atoms. The standard InChI is InChI=1S/C17H20N2O4S/c1-4-23-15-8-10-17(11-9-15)24(20,21)19-18-13(2)14-6-5-7-16(12-14)22-3/h5-12,19H,4H2,1-3H3. The second-order valence-corrected chi connectivity index (χ2v) is 6.59. The summed E-state index contributed by atoms with van der Waals surface area (Å²) >= 11 is 0.